The minimum absolute atomic E-state index is 0.113. The Hall–Kier alpha value is -3.32. The number of aliphatic hydroxyl groups excluding tert-OH is 1. The van der Waals surface area contributed by atoms with Gasteiger partial charge >= 0.3 is 0 Å². The number of nitrogens with zero attached hydrogens (tertiary/aromatic N) is 2. The molecule has 0 radical (unpaired) electrons. The second-order valence-electron chi connectivity index (χ2n) is 9.32. The van der Waals surface area contributed by atoms with Crippen LogP contribution in [0.1, 0.15) is 55.0 Å². The summed E-state index contributed by atoms with van der Waals surface area (Å²) in [5.74, 6) is -0.341. The number of carbonyl (C=O) groups is 2. The Morgan fingerprint density at radius 3 is 2.33 bits per heavy atom. The highest BCUT2D eigenvalue weighted by Gasteiger charge is 2.46. The number of methoxy groups -OCH3 is 2. The third-order valence-corrected chi connectivity index (χ3v) is 7.44. The number of benzene rings is 2. The molecule has 1 fully saturated rings. The molecule has 1 atom stereocenters. The second-order valence-corrected chi connectivity index (χ2v) is 9.32. The highest BCUT2D eigenvalue weighted by atomic mass is 16.5. The SMILES string of the molecule is CCN(CC)CCN1C(=O)C(=O)/C(=C(/O)c2ccc3c(c2)CCCC3)C1c1ccc(OC)c(OC)c1. The van der Waals surface area contributed by atoms with Crippen molar-refractivity contribution in [2.45, 2.75) is 45.6 Å². The van der Waals surface area contributed by atoms with Gasteiger partial charge in [0.1, 0.15) is 5.76 Å². The van der Waals surface area contributed by atoms with Gasteiger partial charge in [-0.15, -0.1) is 0 Å². The average molecular weight is 493 g/mol. The number of likely N-dealkylation sites (N-methyl/N-ethyl adjacent to an activating group) is 1. The minimum Gasteiger partial charge on any atom is -0.507 e. The Morgan fingerprint density at radius 1 is 0.972 bits per heavy atom. The quantitative estimate of drug-likeness (QED) is 0.319. The van der Waals surface area contributed by atoms with Crippen molar-refractivity contribution in [1.29, 1.82) is 0 Å². The van der Waals surface area contributed by atoms with Gasteiger partial charge in [0, 0.05) is 18.7 Å². The fraction of sp³-hybridized carbons (Fsp3) is 0.448. The van der Waals surface area contributed by atoms with Crippen molar-refractivity contribution < 1.29 is 24.2 Å². The van der Waals surface area contributed by atoms with E-state index in [-0.39, 0.29) is 11.3 Å². The molecule has 0 aromatic heterocycles. The highest BCUT2D eigenvalue weighted by Crippen LogP contribution is 2.42. The molecule has 2 aromatic carbocycles. The Labute approximate surface area is 213 Å². The van der Waals surface area contributed by atoms with Crippen molar-refractivity contribution in [3.63, 3.8) is 0 Å². The summed E-state index contributed by atoms with van der Waals surface area (Å²) >= 11 is 0. The normalized spacial score (nSPS) is 19.0. The Kier molecular flexibility index (Phi) is 7.99. The van der Waals surface area contributed by atoms with Gasteiger partial charge in [-0.1, -0.05) is 32.0 Å². The molecule has 0 spiro atoms. The van der Waals surface area contributed by atoms with Gasteiger partial charge in [0.25, 0.3) is 11.7 Å². The van der Waals surface area contributed by atoms with Gasteiger partial charge in [0.15, 0.2) is 11.5 Å². The van der Waals surface area contributed by atoms with Crippen LogP contribution in [0.2, 0.25) is 0 Å². The molecule has 4 rings (SSSR count). The monoisotopic (exact) mass is 492 g/mol. The number of Topliss-reactive ketones (excluding diaryl/α,β-unsaturated/α-hetero) is 1. The smallest absolute Gasteiger partial charge is 0.295 e. The van der Waals surface area contributed by atoms with Crippen LogP contribution in [0.4, 0.5) is 0 Å². The van der Waals surface area contributed by atoms with E-state index >= 15 is 0 Å². The molecule has 0 saturated carbocycles. The van der Waals surface area contributed by atoms with E-state index in [0.29, 0.717) is 35.7 Å². The number of hydrogen-bond acceptors (Lipinski definition) is 6. The fourth-order valence-electron chi connectivity index (χ4n) is 5.31. The summed E-state index contributed by atoms with van der Waals surface area (Å²) in [6, 6.07) is 10.5. The number of amides is 1. The Bertz CT molecular complexity index is 1170. The minimum atomic E-state index is -0.726. The number of ketones is 1. The van der Waals surface area contributed by atoms with Crippen LogP contribution in [0.3, 0.4) is 0 Å². The molecule has 1 aliphatic heterocycles. The standard InChI is InChI=1S/C29H36N2O5/c1-5-30(6-2)15-16-31-26(21-13-14-23(35-3)24(18-21)36-4)25(28(33)29(31)34)27(32)22-12-11-19-9-7-8-10-20(19)17-22/h11-14,17-18,26,32H,5-10,15-16H2,1-4H3/b27-25+. The van der Waals surface area contributed by atoms with Crippen molar-refractivity contribution in [1.82, 2.24) is 9.80 Å². The van der Waals surface area contributed by atoms with E-state index in [9.17, 15) is 14.7 Å². The lowest BCUT2D eigenvalue weighted by Crippen LogP contribution is -2.38. The molecule has 7 nitrogen and oxygen atoms in total. The zero-order valence-corrected chi connectivity index (χ0v) is 21.7. The first kappa shape index (κ1) is 25.8. The Balaban J connectivity index is 1.82. The lowest BCUT2D eigenvalue weighted by atomic mass is 9.88. The summed E-state index contributed by atoms with van der Waals surface area (Å²) in [4.78, 5) is 30.5. The van der Waals surface area contributed by atoms with Crippen molar-refractivity contribution >= 4 is 17.4 Å². The van der Waals surface area contributed by atoms with E-state index in [1.807, 2.05) is 24.3 Å². The van der Waals surface area contributed by atoms with Gasteiger partial charge in [0.05, 0.1) is 25.8 Å². The summed E-state index contributed by atoms with van der Waals surface area (Å²) in [5, 5.41) is 11.5. The van der Waals surface area contributed by atoms with E-state index in [0.717, 1.165) is 38.8 Å². The number of fused-ring (bicyclic) bond motifs is 1. The van der Waals surface area contributed by atoms with Gasteiger partial charge < -0.3 is 24.4 Å². The van der Waals surface area contributed by atoms with Gasteiger partial charge in [0.2, 0.25) is 0 Å². The molecule has 1 amide bonds. The zero-order chi connectivity index (χ0) is 25.8. The fourth-order valence-corrected chi connectivity index (χ4v) is 5.31. The van der Waals surface area contributed by atoms with E-state index in [1.54, 1.807) is 31.3 Å². The predicted octanol–water partition coefficient (Wildman–Crippen LogP) is 4.35. The number of aryl methyl sites for hydroxylation is 2. The number of carbonyl (C=O) groups excluding carboxylic acids is 2. The molecule has 36 heavy (non-hydrogen) atoms. The average Bonchev–Trinajstić information content (AvgIpc) is 3.17. The van der Waals surface area contributed by atoms with Gasteiger partial charge in [-0.05, 0) is 73.7 Å². The summed E-state index contributed by atoms with van der Waals surface area (Å²) < 4.78 is 10.9. The van der Waals surface area contributed by atoms with Crippen LogP contribution in [-0.4, -0.2) is 67.0 Å². The first-order chi connectivity index (χ1) is 17.4. The van der Waals surface area contributed by atoms with Gasteiger partial charge in [-0.25, -0.2) is 0 Å². The van der Waals surface area contributed by atoms with Crippen molar-refractivity contribution in [2.75, 3.05) is 40.4 Å². The summed E-state index contributed by atoms with van der Waals surface area (Å²) in [7, 11) is 3.11. The van der Waals surface area contributed by atoms with Crippen molar-refractivity contribution in [2.24, 2.45) is 0 Å². The van der Waals surface area contributed by atoms with Crippen LogP contribution in [-0.2, 0) is 22.4 Å². The summed E-state index contributed by atoms with van der Waals surface area (Å²) in [6.07, 6.45) is 4.25. The number of aliphatic hydroxyl groups is 1. The molecule has 1 aliphatic carbocycles. The van der Waals surface area contributed by atoms with E-state index < -0.39 is 17.7 Å². The van der Waals surface area contributed by atoms with Crippen LogP contribution in [0.5, 0.6) is 11.5 Å². The third kappa shape index (κ3) is 4.85. The maximum atomic E-state index is 13.4. The molecule has 2 aromatic rings. The van der Waals surface area contributed by atoms with E-state index in [1.165, 1.54) is 11.1 Å². The van der Waals surface area contributed by atoms with Crippen molar-refractivity contribution in [3.05, 3.63) is 64.2 Å². The predicted molar refractivity (Wildman–Crippen MR) is 139 cm³/mol. The molecule has 192 valence electrons. The number of likely N-dealkylation sites (tertiary alicyclic amines) is 1. The van der Waals surface area contributed by atoms with Crippen LogP contribution in [0.15, 0.2) is 42.0 Å². The van der Waals surface area contributed by atoms with Crippen molar-refractivity contribution in [3.8, 4) is 11.5 Å². The van der Waals surface area contributed by atoms with Gasteiger partial charge in [-0.2, -0.15) is 0 Å². The first-order valence-electron chi connectivity index (χ1n) is 12.8. The lowest BCUT2D eigenvalue weighted by Gasteiger charge is -2.28. The maximum absolute atomic E-state index is 13.4. The second kappa shape index (κ2) is 11.2. The van der Waals surface area contributed by atoms with Crippen LogP contribution in [0.25, 0.3) is 5.76 Å². The molecule has 7 heteroatoms. The summed E-state index contributed by atoms with van der Waals surface area (Å²) in [5.41, 5.74) is 3.86. The lowest BCUT2D eigenvalue weighted by molar-refractivity contribution is -0.140. The van der Waals surface area contributed by atoms with Gasteiger partial charge in [-0.3, -0.25) is 9.59 Å². The summed E-state index contributed by atoms with van der Waals surface area (Å²) in [6.45, 7) is 6.82. The molecule has 1 saturated heterocycles. The third-order valence-electron chi connectivity index (χ3n) is 7.44. The van der Waals surface area contributed by atoms with Crippen LogP contribution in [0, 0.1) is 0 Å². The van der Waals surface area contributed by atoms with E-state index in [2.05, 4.69) is 18.7 Å². The largest absolute Gasteiger partial charge is 0.507 e. The molecular weight excluding hydrogens is 456 g/mol. The molecule has 0 bridgehead atoms. The molecule has 1 unspecified atom stereocenters. The number of hydrogen-bond donors (Lipinski definition) is 1. The number of rotatable bonds is 9. The Morgan fingerprint density at radius 2 is 1.67 bits per heavy atom. The van der Waals surface area contributed by atoms with Crippen LogP contribution < -0.4 is 9.47 Å². The molecule has 1 heterocycles. The topological polar surface area (TPSA) is 79.3 Å². The van der Waals surface area contributed by atoms with E-state index in [4.69, 9.17) is 9.47 Å². The highest BCUT2D eigenvalue weighted by molar-refractivity contribution is 6.46. The number of ether oxygens (including phenoxy) is 2. The molecular formula is C29H36N2O5. The first-order valence-corrected chi connectivity index (χ1v) is 12.8. The molecule has 1 N–H and O–H groups in total. The van der Waals surface area contributed by atoms with Crippen LogP contribution >= 0.6 is 0 Å². The maximum Gasteiger partial charge on any atom is 0.295 e. The zero-order valence-electron chi connectivity index (χ0n) is 21.7. The molecule has 2 aliphatic rings.